The molecule has 0 heterocycles. The Balaban J connectivity index is 2.88. The van der Waals surface area contributed by atoms with Crippen LogP contribution in [0.25, 0.3) is 0 Å². The van der Waals surface area contributed by atoms with E-state index >= 15 is 0 Å². The minimum atomic E-state index is -0.402. The number of amides is 2. The average Bonchev–Trinajstić information content (AvgIpc) is 2.88. The lowest BCUT2D eigenvalue weighted by molar-refractivity contribution is -0.135. The standard InChI is InChI=1S/C18H32N2O2/c1-5-6-11-14(16(19)21)15(12-13-9-7-8-10-13)17(22)20-18(2,3)4/h5,13-15H,1,6-12H2,2-4H3,(H2,19,21)(H,20,22)/t14-,15?/m0/s1. The minimum absolute atomic E-state index is 0.0349. The summed E-state index contributed by atoms with van der Waals surface area (Å²) in [4.78, 5) is 24.6. The molecule has 3 N–H and O–H groups in total. The van der Waals surface area contributed by atoms with Crippen LogP contribution in [-0.4, -0.2) is 17.4 Å². The van der Waals surface area contributed by atoms with E-state index in [9.17, 15) is 9.59 Å². The Kier molecular flexibility index (Phi) is 7.11. The van der Waals surface area contributed by atoms with Gasteiger partial charge in [-0.25, -0.2) is 0 Å². The Morgan fingerprint density at radius 1 is 1.27 bits per heavy atom. The topological polar surface area (TPSA) is 72.2 Å². The number of rotatable bonds is 8. The van der Waals surface area contributed by atoms with Gasteiger partial charge in [-0.05, 0) is 46.0 Å². The number of carbonyl (C=O) groups is 2. The summed E-state index contributed by atoms with van der Waals surface area (Å²) in [6.45, 7) is 9.58. The zero-order valence-corrected chi connectivity index (χ0v) is 14.4. The quantitative estimate of drug-likeness (QED) is 0.676. The number of nitrogens with one attached hydrogen (secondary N) is 1. The maximum absolute atomic E-state index is 12.7. The third-order valence-corrected chi connectivity index (χ3v) is 4.43. The maximum Gasteiger partial charge on any atom is 0.224 e. The van der Waals surface area contributed by atoms with E-state index in [2.05, 4.69) is 11.9 Å². The molecule has 0 aromatic carbocycles. The zero-order valence-electron chi connectivity index (χ0n) is 14.4. The van der Waals surface area contributed by atoms with Gasteiger partial charge in [-0.15, -0.1) is 6.58 Å². The van der Waals surface area contributed by atoms with Gasteiger partial charge in [-0.2, -0.15) is 0 Å². The lowest BCUT2D eigenvalue weighted by Crippen LogP contribution is -2.48. The van der Waals surface area contributed by atoms with Gasteiger partial charge in [0.15, 0.2) is 0 Å². The van der Waals surface area contributed by atoms with Crippen molar-refractivity contribution in [2.75, 3.05) is 0 Å². The van der Waals surface area contributed by atoms with Crippen LogP contribution in [0, 0.1) is 17.8 Å². The zero-order chi connectivity index (χ0) is 16.8. The Morgan fingerprint density at radius 3 is 2.32 bits per heavy atom. The van der Waals surface area contributed by atoms with Crippen molar-refractivity contribution in [1.82, 2.24) is 5.32 Å². The molecule has 0 spiro atoms. The van der Waals surface area contributed by atoms with E-state index < -0.39 is 5.92 Å². The molecule has 1 fully saturated rings. The third-order valence-electron chi connectivity index (χ3n) is 4.43. The summed E-state index contributed by atoms with van der Waals surface area (Å²) in [6.07, 6.45) is 8.64. The Hall–Kier alpha value is -1.32. The molecule has 1 saturated carbocycles. The Bertz CT molecular complexity index is 392. The van der Waals surface area contributed by atoms with Crippen molar-refractivity contribution in [2.45, 2.75) is 71.3 Å². The van der Waals surface area contributed by atoms with Gasteiger partial charge in [0.05, 0.1) is 0 Å². The van der Waals surface area contributed by atoms with Crippen molar-refractivity contribution >= 4 is 11.8 Å². The van der Waals surface area contributed by atoms with Gasteiger partial charge in [-0.3, -0.25) is 9.59 Å². The molecule has 126 valence electrons. The van der Waals surface area contributed by atoms with Crippen molar-refractivity contribution in [1.29, 1.82) is 0 Å². The second-order valence-electron chi connectivity index (χ2n) is 7.61. The lowest BCUT2D eigenvalue weighted by Gasteiger charge is -2.30. The molecule has 0 aromatic heterocycles. The van der Waals surface area contributed by atoms with E-state index in [4.69, 9.17) is 5.73 Å². The highest BCUT2D eigenvalue weighted by Crippen LogP contribution is 2.34. The summed E-state index contributed by atoms with van der Waals surface area (Å²) in [5, 5.41) is 3.03. The molecule has 2 amide bonds. The molecule has 1 aliphatic rings. The molecular formula is C18H32N2O2. The third kappa shape index (κ3) is 6.20. The number of primary amides is 1. The van der Waals surface area contributed by atoms with Crippen LogP contribution in [0.4, 0.5) is 0 Å². The second-order valence-corrected chi connectivity index (χ2v) is 7.61. The molecule has 1 unspecified atom stereocenters. The Labute approximate surface area is 134 Å². The minimum Gasteiger partial charge on any atom is -0.369 e. The van der Waals surface area contributed by atoms with Crippen LogP contribution >= 0.6 is 0 Å². The van der Waals surface area contributed by atoms with Gasteiger partial charge in [-0.1, -0.05) is 31.8 Å². The monoisotopic (exact) mass is 308 g/mol. The van der Waals surface area contributed by atoms with Gasteiger partial charge in [0.25, 0.3) is 0 Å². The smallest absolute Gasteiger partial charge is 0.224 e. The fourth-order valence-corrected chi connectivity index (χ4v) is 3.36. The van der Waals surface area contributed by atoms with E-state index in [1.165, 1.54) is 12.8 Å². The normalized spacial score (nSPS) is 18.7. The molecule has 0 radical (unpaired) electrons. The van der Waals surface area contributed by atoms with Crippen LogP contribution < -0.4 is 11.1 Å². The predicted molar refractivity (Wildman–Crippen MR) is 90.1 cm³/mol. The fraction of sp³-hybridized carbons (Fsp3) is 0.778. The first-order valence-corrected chi connectivity index (χ1v) is 8.47. The summed E-state index contributed by atoms with van der Waals surface area (Å²) in [7, 11) is 0. The van der Waals surface area contributed by atoms with Crippen molar-refractivity contribution in [2.24, 2.45) is 23.5 Å². The van der Waals surface area contributed by atoms with E-state index in [1.807, 2.05) is 20.8 Å². The number of hydrogen-bond acceptors (Lipinski definition) is 2. The SMILES string of the molecule is C=CCC[C@H](C(N)=O)C(CC1CCCC1)C(=O)NC(C)(C)C. The maximum atomic E-state index is 12.7. The first kappa shape index (κ1) is 18.7. The van der Waals surface area contributed by atoms with E-state index in [0.717, 1.165) is 19.3 Å². The number of nitrogens with two attached hydrogens (primary N) is 1. The van der Waals surface area contributed by atoms with Crippen LogP contribution in [0.15, 0.2) is 12.7 Å². The molecule has 0 aliphatic heterocycles. The number of allylic oxidation sites excluding steroid dienone is 1. The van der Waals surface area contributed by atoms with Crippen molar-refractivity contribution < 1.29 is 9.59 Å². The van der Waals surface area contributed by atoms with Gasteiger partial charge in [0, 0.05) is 17.4 Å². The summed E-state index contributed by atoms with van der Waals surface area (Å²) < 4.78 is 0. The van der Waals surface area contributed by atoms with E-state index in [0.29, 0.717) is 18.8 Å². The average molecular weight is 308 g/mol. The van der Waals surface area contributed by atoms with Crippen LogP contribution in [-0.2, 0) is 9.59 Å². The molecule has 22 heavy (non-hydrogen) atoms. The van der Waals surface area contributed by atoms with Gasteiger partial charge in [0.1, 0.15) is 0 Å². The lowest BCUT2D eigenvalue weighted by atomic mass is 9.80. The molecule has 1 rings (SSSR count). The number of carbonyl (C=O) groups excluding carboxylic acids is 2. The fourth-order valence-electron chi connectivity index (χ4n) is 3.36. The molecular weight excluding hydrogens is 276 g/mol. The summed E-state index contributed by atoms with van der Waals surface area (Å²) >= 11 is 0. The van der Waals surface area contributed by atoms with Crippen LogP contribution in [0.2, 0.25) is 0 Å². The van der Waals surface area contributed by atoms with Crippen molar-refractivity contribution in [3.8, 4) is 0 Å². The Morgan fingerprint density at radius 2 is 1.86 bits per heavy atom. The number of hydrogen-bond donors (Lipinski definition) is 2. The highest BCUT2D eigenvalue weighted by atomic mass is 16.2. The molecule has 0 aromatic rings. The summed E-state index contributed by atoms with van der Waals surface area (Å²) in [6, 6.07) is 0. The highest BCUT2D eigenvalue weighted by molar-refractivity contribution is 5.87. The van der Waals surface area contributed by atoms with Crippen LogP contribution in [0.5, 0.6) is 0 Å². The van der Waals surface area contributed by atoms with Gasteiger partial charge in [0.2, 0.25) is 11.8 Å². The van der Waals surface area contributed by atoms with Gasteiger partial charge < -0.3 is 11.1 Å². The molecule has 4 nitrogen and oxygen atoms in total. The van der Waals surface area contributed by atoms with Crippen LogP contribution in [0.3, 0.4) is 0 Å². The van der Waals surface area contributed by atoms with E-state index in [1.54, 1.807) is 6.08 Å². The summed E-state index contributed by atoms with van der Waals surface area (Å²) in [5.74, 6) is -0.580. The predicted octanol–water partition coefficient (Wildman–Crippen LogP) is 3.17. The molecule has 0 bridgehead atoms. The van der Waals surface area contributed by atoms with E-state index in [-0.39, 0.29) is 23.3 Å². The van der Waals surface area contributed by atoms with Gasteiger partial charge >= 0.3 is 0 Å². The molecule has 2 atom stereocenters. The first-order chi connectivity index (χ1) is 10.2. The largest absolute Gasteiger partial charge is 0.369 e. The van der Waals surface area contributed by atoms with Crippen molar-refractivity contribution in [3.63, 3.8) is 0 Å². The first-order valence-electron chi connectivity index (χ1n) is 8.47. The highest BCUT2D eigenvalue weighted by Gasteiger charge is 2.35. The van der Waals surface area contributed by atoms with Crippen LogP contribution in [0.1, 0.15) is 65.7 Å². The molecule has 4 heteroatoms. The molecule has 0 saturated heterocycles. The molecule has 1 aliphatic carbocycles. The summed E-state index contributed by atoms with van der Waals surface area (Å²) in [5.41, 5.74) is 5.30. The van der Waals surface area contributed by atoms with Crippen molar-refractivity contribution in [3.05, 3.63) is 12.7 Å². The second kappa shape index (κ2) is 8.35.